The first-order chi connectivity index (χ1) is 10.2. The summed E-state index contributed by atoms with van der Waals surface area (Å²) in [5.41, 5.74) is 1.40. The predicted octanol–water partition coefficient (Wildman–Crippen LogP) is 5.54. The van der Waals surface area contributed by atoms with Gasteiger partial charge >= 0.3 is 0 Å². The Morgan fingerprint density at radius 1 is 1.18 bits per heavy atom. The van der Waals surface area contributed by atoms with Gasteiger partial charge in [0.05, 0.1) is 17.6 Å². The maximum Gasteiger partial charge on any atom is 0.165 e. The number of hydrogen-bond donors (Lipinski definition) is 0. The number of fused-ring (bicyclic) bond motifs is 1. The Hall–Kier alpha value is -1.72. The maximum absolute atomic E-state index is 14.1. The molecule has 6 heteroatoms. The molecule has 22 heavy (non-hydrogen) atoms. The average Bonchev–Trinajstić information content (AvgIpc) is 2.88. The Balaban J connectivity index is 0.00000176. The van der Waals surface area contributed by atoms with Crippen LogP contribution in [0.1, 0.15) is 13.3 Å². The van der Waals surface area contributed by atoms with Crippen molar-refractivity contribution in [3.05, 3.63) is 53.7 Å². The van der Waals surface area contributed by atoms with E-state index in [4.69, 9.17) is 0 Å². The minimum atomic E-state index is -0.354. The fourth-order valence-electron chi connectivity index (χ4n) is 2.38. The Kier molecular flexibility index (Phi) is 5.32. The van der Waals surface area contributed by atoms with Crippen LogP contribution in [0.3, 0.4) is 0 Å². The van der Waals surface area contributed by atoms with Gasteiger partial charge in [-0.05, 0) is 30.7 Å². The van der Waals surface area contributed by atoms with Gasteiger partial charge in [-0.1, -0.05) is 6.92 Å². The largest absolute Gasteiger partial charge is 0.338 e. The number of rotatable bonds is 4. The number of thiophene rings is 1. The second-order valence-electron chi connectivity index (χ2n) is 4.74. The van der Waals surface area contributed by atoms with Crippen LogP contribution in [-0.2, 0) is 0 Å². The molecule has 0 aliphatic heterocycles. The van der Waals surface area contributed by atoms with Gasteiger partial charge in [0.1, 0.15) is 5.82 Å². The highest BCUT2D eigenvalue weighted by Gasteiger charge is 2.17. The summed E-state index contributed by atoms with van der Waals surface area (Å²) in [6, 6.07) is 6.36. The van der Waals surface area contributed by atoms with E-state index in [9.17, 15) is 8.78 Å². The monoisotopic (exact) mass is 340 g/mol. The van der Waals surface area contributed by atoms with Crippen molar-refractivity contribution in [3.8, 4) is 0 Å². The lowest BCUT2D eigenvalue weighted by molar-refractivity contribution is 0.618. The van der Waals surface area contributed by atoms with E-state index in [0.717, 1.165) is 22.2 Å². The first kappa shape index (κ1) is 16.6. The molecule has 2 heterocycles. The van der Waals surface area contributed by atoms with Crippen molar-refractivity contribution < 1.29 is 8.78 Å². The Bertz CT molecular complexity index is 776. The second kappa shape index (κ2) is 7.03. The molecule has 0 fully saturated rings. The molecule has 0 saturated carbocycles. The molecule has 0 unspecified atom stereocenters. The number of nitrogens with zero attached hydrogens (tertiary/aromatic N) is 2. The number of aromatic nitrogens is 1. The summed E-state index contributed by atoms with van der Waals surface area (Å²) in [7, 11) is 0. The zero-order chi connectivity index (χ0) is 14.8. The first-order valence-corrected chi connectivity index (χ1v) is 7.62. The van der Waals surface area contributed by atoms with Gasteiger partial charge in [0, 0.05) is 28.2 Å². The topological polar surface area (TPSA) is 16.1 Å². The second-order valence-corrected chi connectivity index (χ2v) is 5.65. The van der Waals surface area contributed by atoms with E-state index < -0.39 is 0 Å². The first-order valence-electron chi connectivity index (χ1n) is 6.74. The third-order valence-electron chi connectivity index (χ3n) is 3.30. The van der Waals surface area contributed by atoms with Crippen molar-refractivity contribution in [1.29, 1.82) is 0 Å². The lowest BCUT2D eigenvalue weighted by Crippen LogP contribution is -2.18. The Morgan fingerprint density at radius 2 is 2.00 bits per heavy atom. The van der Waals surface area contributed by atoms with Crippen LogP contribution in [0.2, 0.25) is 0 Å². The van der Waals surface area contributed by atoms with E-state index in [-0.39, 0.29) is 24.0 Å². The summed E-state index contributed by atoms with van der Waals surface area (Å²) in [5, 5.41) is 2.88. The highest BCUT2D eigenvalue weighted by molar-refractivity contribution is 7.17. The standard InChI is InChI=1S/C16H14F2N2S.ClH/c1-2-7-20(14-5-6-19-9-13(14)18)15-10-21-16-8-11(17)3-4-12(15)16;/h3-6,8-10H,2,7H2,1H3;1H. The third-order valence-corrected chi connectivity index (χ3v) is 4.23. The number of anilines is 2. The highest BCUT2D eigenvalue weighted by Crippen LogP contribution is 2.37. The van der Waals surface area contributed by atoms with Gasteiger partial charge in [-0.15, -0.1) is 23.7 Å². The molecular weight excluding hydrogens is 326 g/mol. The molecule has 0 saturated heterocycles. The average molecular weight is 341 g/mol. The zero-order valence-electron chi connectivity index (χ0n) is 11.9. The molecule has 0 spiro atoms. The van der Waals surface area contributed by atoms with Gasteiger partial charge in [-0.3, -0.25) is 4.98 Å². The van der Waals surface area contributed by atoms with Gasteiger partial charge in [0.25, 0.3) is 0 Å². The Labute approximate surface area is 137 Å². The van der Waals surface area contributed by atoms with E-state index in [0.29, 0.717) is 12.2 Å². The van der Waals surface area contributed by atoms with Gasteiger partial charge < -0.3 is 4.90 Å². The van der Waals surface area contributed by atoms with Crippen molar-refractivity contribution in [2.24, 2.45) is 0 Å². The summed E-state index contributed by atoms with van der Waals surface area (Å²) >= 11 is 1.46. The van der Waals surface area contributed by atoms with Crippen molar-refractivity contribution in [2.75, 3.05) is 11.4 Å². The molecule has 3 aromatic rings. The van der Waals surface area contributed by atoms with Crippen LogP contribution in [0.5, 0.6) is 0 Å². The number of pyridine rings is 1. The van der Waals surface area contributed by atoms with E-state index in [1.165, 1.54) is 29.7 Å². The number of benzene rings is 1. The number of hydrogen-bond acceptors (Lipinski definition) is 3. The molecule has 116 valence electrons. The van der Waals surface area contributed by atoms with E-state index >= 15 is 0 Å². The zero-order valence-corrected chi connectivity index (χ0v) is 13.6. The minimum Gasteiger partial charge on any atom is -0.338 e. The smallest absolute Gasteiger partial charge is 0.165 e. The van der Waals surface area contributed by atoms with E-state index in [2.05, 4.69) is 4.98 Å². The Morgan fingerprint density at radius 3 is 2.73 bits per heavy atom. The molecule has 1 aromatic carbocycles. The van der Waals surface area contributed by atoms with Gasteiger partial charge in [0.15, 0.2) is 5.82 Å². The molecule has 0 aliphatic carbocycles. The molecular formula is C16H15ClF2N2S. The highest BCUT2D eigenvalue weighted by atomic mass is 35.5. The summed E-state index contributed by atoms with van der Waals surface area (Å²) in [4.78, 5) is 5.72. The predicted molar refractivity (Wildman–Crippen MR) is 90.5 cm³/mol. The molecule has 0 bridgehead atoms. The van der Waals surface area contributed by atoms with Crippen molar-refractivity contribution in [1.82, 2.24) is 4.98 Å². The maximum atomic E-state index is 14.1. The van der Waals surface area contributed by atoms with Crippen LogP contribution in [0.4, 0.5) is 20.2 Å². The summed E-state index contributed by atoms with van der Waals surface area (Å²) in [5.74, 6) is -0.611. The van der Waals surface area contributed by atoms with Crippen LogP contribution in [0.15, 0.2) is 42.0 Å². The summed E-state index contributed by atoms with van der Waals surface area (Å²) in [6.45, 7) is 2.73. The molecule has 0 atom stereocenters. The van der Waals surface area contributed by atoms with Gasteiger partial charge in [-0.2, -0.15) is 0 Å². The molecule has 3 rings (SSSR count). The van der Waals surface area contributed by atoms with Crippen molar-refractivity contribution in [3.63, 3.8) is 0 Å². The summed E-state index contributed by atoms with van der Waals surface area (Å²) in [6.07, 6.45) is 3.67. The minimum absolute atomic E-state index is 0. The van der Waals surface area contributed by atoms with Crippen molar-refractivity contribution >= 4 is 45.2 Å². The fraction of sp³-hybridized carbons (Fsp3) is 0.188. The van der Waals surface area contributed by atoms with Crippen molar-refractivity contribution in [2.45, 2.75) is 13.3 Å². The van der Waals surface area contributed by atoms with Crippen LogP contribution in [-0.4, -0.2) is 11.5 Å². The van der Waals surface area contributed by atoms with Gasteiger partial charge in [-0.25, -0.2) is 8.78 Å². The molecule has 0 aliphatic rings. The molecule has 0 N–H and O–H groups in total. The van der Waals surface area contributed by atoms with E-state index in [1.54, 1.807) is 18.3 Å². The normalized spacial score (nSPS) is 10.5. The van der Waals surface area contributed by atoms with E-state index in [1.807, 2.05) is 17.2 Å². The molecule has 2 nitrogen and oxygen atoms in total. The molecule has 2 aromatic heterocycles. The van der Waals surface area contributed by atoms with Crippen LogP contribution in [0, 0.1) is 11.6 Å². The van der Waals surface area contributed by atoms with Crippen LogP contribution < -0.4 is 4.90 Å². The molecule has 0 amide bonds. The molecule has 0 radical (unpaired) electrons. The quantitative estimate of drug-likeness (QED) is 0.619. The fourth-order valence-corrected chi connectivity index (χ4v) is 3.35. The van der Waals surface area contributed by atoms with Crippen LogP contribution >= 0.6 is 23.7 Å². The third kappa shape index (κ3) is 3.05. The van der Waals surface area contributed by atoms with Gasteiger partial charge in [0.2, 0.25) is 0 Å². The van der Waals surface area contributed by atoms with Crippen LogP contribution in [0.25, 0.3) is 10.1 Å². The lowest BCUT2D eigenvalue weighted by Gasteiger charge is -2.24. The SMILES string of the molecule is CCCN(c1ccncc1F)c1csc2cc(F)ccc12.Cl. The number of halogens is 3. The summed E-state index contributed by atoms with van der Waals surface area (Å²) < 4.78 is 28.2. The lowest BCUT2D eigenvalue weighted by atomic mass is 10.2.